The van der Waals surface area contributed by atoms with Gasteiger partial charge in [0, 0.05) is 22.4 Å². The Morgan fingerprint density at radius 3 is 2.69 bits per heavy atom. The molecule has 45 heavy (non-hydrogen) atoms. The molecular formula is C27H21N7O8S3. The molecule has 0 aliphatic carbocycles. The van der Waals surface area contributed by atoms with Crippen LogP contribution in [0.5, 0.6) is 17.2 Å². The number of anilines is 1. The van der Waals surface area contributed by atoms with E-state index in [2.05, 4.69) is 25.7 Å². The number of amides is 2. The third kappa shape index (κ3) is 6.15. The van der Waals surface area contributed by atoms with Crippen molar-refractivity contribution in [3.8, 4) is 28.7 Å². The van der Waals surface area contributed by atoms with Crippen molar-refractivity contribution in [3.05, 3.63) is 70.9 Å². The molecular weight excluding hydrogens is 647 g/mol. The summed E-state index contributed by atoms with van der Waals surface area (Å²) in [6.45, 7) is 0. The first-order chi connectivity index (χ1) is 21.7. The van der Waals surface area contributed by atoms with Crippen LogP contribution in [0.1, 0.15) is 5.69 Å². The number of aliphatic carboxylic acids is 1. The van der Waals surface area contributed by atoms with Crippen LogP contribution in [0.25, 0.3) is 11.5 Å². The molecule has 2 aliphatic rings. The van der Waals surface area contributed by atoms with Crippen LogP contribution in [0, 0.1) is 0 Å². The van der Waals surface area contributed by atoms with E-state index in [1.54, 1.807) is 30.3 Å². The van der Waals surface area contributed by atoms with E-state index < -0.39 is 29.2 Å². The largest absolute Gasteiger partial charge is 0.504 e. The van der Waals surface area contributed by atoms with Gasteiger partial charge in [0.25, 0.3) is 17.0 Å². The van der Waals surface area contributed by atoms with Gasteiger partial charge >= 0.3 is 5.97 Å². The fourth-order valence-corrected chi connectivity index (χ4v) is 7.17. The van der Waals surface area contributed by atoms with Crippen molar-refractivity contribution < 1.29 is 39.0 Å². The van der Waals surface area contributed by atoms with Gasteiger partial charge in [-0.05, 0) is 35.9 Å². The second-order valence-corrected chi connectivity index (χ2v) is 12.3. The number of phenols is 2. The molecule has 6 N–H and O–H groups in total. The Morgan fingerprint density at radius 2 is 1.98 bits per heavy atom. The molecule has 0 bridgehead atoms. The number of hydrogen-bond acceptors (Lipinski definition) is 15. The zero-order valence-electron chi connectivity index (χ0n) is 22.7. The molecule has 1 fully saturated rings. The summed E-state index contributed by atoms with van der Waals surface area (Å²) in [7, 11) is 0. The van der Waals surface area contributed by atoms with Crippen molar-refractivity contribution in [1.82, 2.24) is 25.4 Å². The number of nitrogen functional groups attached to an aromatic ring is 1. The lowest BCUT2D eigenvalue weighted by Crippen LogP contribution is -2.71. The van der Waals surface area contributed by atoms with Crippen LogP contribution in [0.4, 0.5) is 5.13 Å². The molecule has 0 unspecified atom stereocenters. The zero-order valence-corrected chi connectivity index (χ0v) is 25.1. The van der Waals surface area contributed by atoms with Gasteiger partial charge in [-0.1, -0.05) is 35.1 Å². The highest BCUT2D eigenvalue weighted by Crippen LogP contribution is 2.42. The van der Waals surface area contributed by atoms with Crippen LogP contribution < -0.4 is 15.9 Å². The lowest BCUT2D eigenvalue weighted by atomic mass is 10.0. The average molecular weight is 668 g/mol. The second-order valence-electron chi connectivity index (χ2n) is 9.40. The smallest absolute Gasteiger partial charge is 0.352 e. The number of fused-ring (bicyclic) bond motifs is 1. The number of rotatable bonds is 10. The first-order valence-corrected chi connectivity index (χ1v) is 15.8. The number of para-hydroxylation sites is 1. The first-order valence-electron chi connectivity index (χ1n) is 12.9. The highest BCUT2D eigenvalue weighted by molar-refractivity contribution is 8.01. The Hall–Kier alpha value is -5.07. The van der Waals surface area contributed by atoms with Crippen molar-refractivity contribution in [3.63, 3.8) is 0 Å². The number of carboxylic acids is 1. The van der Waals surface area contributed by atoms with Crippen LogP contribution in [0.15, 0.2) is 80.0 Å². The monoisotopic (exact) mass is 667 g/mol. The number of β-lactam (4-membered cyclic amide) rings is 1. The van der Waals surface area contributed by atoms with E-state index in [1.807, 2.05) is 0 Å². The van der Waals surface area contributed by atoms with Crippen molar-refractivity contribution in [1.29, 1.82) is 0 Å². The van der Waals surface area contributed by atoms with Crippen molar-refractivity contribution in [2.24, 2.45) is 5.16 Å². The summed E-state index contributed by atoms with van der Waals surface area (Å²) in [5.74, 6) is -2.45. The maximum absolute atomic E-state index is 13.3. The van der Waals surface area contributed by atoms with Crippen molar-refractivity contribution >= 4 is 63.5 Å². The topological polar surface area (TPSA) is 227 Å². The number of nitrogens with zero attached hydrogens (tertiary/aromatic N) is 5. The highest BCUT2D eigenvalue weighted by Gasteiger charge is 2.54. The number of carbonyl (C=O) groups is 3. The fraction of sp³-hybridized carbons (Fsp3) is 0.148. The Morgan fingerprint density at radius 1 is 1.18 bits per heavy atom. The van der Waals surface area contributed by atoms with Gasteiger partial charge in [0.1, 0.15) is 22.8 Å². The molecule has 0 radical (unpaired) electrons. The molecule has 2 aliphatic heterocycles. The number of benzene rings is 2. The number of carbonyl (C=O) groups excluding carboxylic acids is 2. The summed E-state index contributed by atoms with van der Waals surface area (Å²) < 4.78 is 5.61. The average Bonchev–Trinajstić information content (AvgIpc) is 3.69. The number of carboxylic acid groups (broad SMARTS) is 1. The number of thiazole rings is 1. The number of nitrogens with two attached hydrogens (primary N) is 1. The molecule has 2 atom stereocenters. The summed E-state index contributed by atoms with van der Waals surface area (Å²) in [4.78, 5) is 49.5. The molecule has 0 spiro atoms. The van der Waals surface area contributed by atoms with Gasteiger partial charge in [-0.2, -0.15) is 0 Å². The van der Waals surface area contributed by atoms with Gasteiger partial charge in [0.2, 0.25) is 5.89 Å². The number of aromatic hydroxyl groups is 2. The van der Waals surface area contributed by atoms with Gasteiger partial charge in [-0.3, -0.25) is 14.5 Å². The van der Waals surface area contributed by atoms with E-state index >= 15 is 0 Å². The van der Waals surface area contributed by atoms with E-state index in [-0.39, 0.29) is 56.4 Å². The van der Waals surface area contributed by atoms with E-state index in [0.717, 1.165) is 28.0 Å². The van der Waals surface area contributed by atoms with Crippen LogP contribution in [-0.2, 0) is 14.4 Å². The van der Waals surface area contributed by atoms with Gasteiger partial charge in [0.05, 0.1) is 0 Å². The maximum atomic E-state index is 13.3. The van der Waals surface area contributed by atoms with E-state index in [4.69, 9.17) is 15.0 Å². The third-order valence-corrected chi connectivity index (χ3v) is 9.42. The number of phenolic OH excluding ortho intramolecular Hbond substituents is 2. The Labute approximate surface area is 265 Å². The number of thioether (sulfide) groups is 2. The molecule has 0 saturated carbocycles. The molecule has 18 heteroatoms. The lowest BCUT2D eigenvalue weighted by Gasteiger charge is -2.49. The number of aromatic nitrogens is 3. The van der Waals surface area contributed by atoms with Crippen molar-refractivity contribution in [2.45, 2.75) is 16.6 Å². The van der Waals surface area contributed by atoms with Crippen LogP contribution >= 0.6 is 34.9 Å². The normalized spacial score (nSPS) is 17.9. The maximum Gasteiger partial charge on any atom is 0.352 e. The van der Waals surface area contributed by atoms with Gasteiger partial charge in [-0.25, -0.2) is 9.78 Å². The minimum atomic E-state index is -1.30. The SMILES string of the molecule is Nc1nc(/C(=N\Oc2ccccc2)C(=O)N[C@@H]2C(=O)N3C(C(=O)O)=C(CSc4nnc(-c5ccc(O)c(O)c5)o4)CS[C@H]23)cs1. The van der Waals surface area contributed by atoms with Crippen LogP contribution in [-0.4, -0.2) is 81.8 Å². The standard InChI is InChI=1S/C27H21N7O8S3/c28-26-29-15(11-44-26)18(33-42-14-4-2-1-3-5-14)21(37)30-19-23(38)34-20(25(39)40)13(9-43-24(19)34)10-45-27-32-31-22(41-27)12-6-7-16(35)17(36)8-12/h1-8,11,19,24,35-36H,9-10H2,(H2,28,29)(H,30,37)(H,39,40)/b33-18+/t19-,24-/m1/s1. The number of nitrogens with one attached hydrogen (secondary N) is 1. The summed E-state index contributed by atoms with van der Waals surface area (Å²) in [6, 6.07) is 11.6. The predicted octanol–water partition coefficient (Wildman–Crippen LogP) is 2.50. The summed E-state index contributed by atoms with van der Waals surface area (Å²) >= 11 is 3.47. The second kappa shape index (κ2) is 12.5. The fourth-order valence-electron chi connectivity index (χ4n) is 4.37. The van der Waals surface area contributed by atoms with Crippen molar-refractivity contribution in [2.75, 3.05) is 17.2 Å². The van der Waals surface area contributed by atoms with Crippen LogP contribution in [0.2, 0.25) is 0 Å². The minimum absolute atomic E-state index is 0.0900. The molecule has 2 aromatic heterocycles. The zero-order chi connectivity index (χ0) is 31.7. The Balaban J connectivity index is 1.15. The van der Waals surface area contributed by atoms with Gasteiger partial charge < -0.3 is 35.6 Å². The Kier molecular flexibility index (Phi) is 8.33. The van der Waals surface area contributed by atoms with Gasteiger partial charge in [-0.15, -0.1) is 33.3 Å². The minimum Gasteiger partial charge on any atom is -0.504 e. The summed E-state index contributed by atoms with van der Waals surface area (Å²) in [6.07, 6.45) is 0. The van der Waals surface area contributed by atoms with Gasteiger partial charge in [0.15, 0.2) is 28.1 Å². The third-order valence-electron chi connectivity index (χ3n) is 6.50. The quantitative estimate of drug-likeness (QED) is 0.0539. The number of oxime groups is 1. The van der Waals surface area contributed by atoms with E-state index in [9.17, 15) is 29.7 Å². The summed E-state index contributed by atoms with van der Waals surface area (Å²) in [5, 5.41) is 44.9. The molecule has 4 heterocycles. The highest BCUT2D eigenvalue weighted by atomic mass is 32.2. The molecule has 230 valence electrons. The molecule has 6 rings (SSSR count). The first kappa shape index (κ1) is 30.0. The predicted molar refractivity (Wildman–Crippen MR) is 164 cm³/mol. The summed E-state index contributed by atoms with van der Waals surface area (Å²) in [5.41, 5.74) is 6.35. The number of hydrogen-bond donors (Lipinski definition) is 5. The Bertz CT molecular complexity index is 1860. The molecule has 15 nitrogen and oxygen atoms in total. The lowest BCUT2D eigenvalue weighted by molar-refractivity contribution is -0.150. The molecule has 2 aromatic carbocycles. The molecule has 2 amide bonds. The van der Waals surface area contributed by atoms with Crippen LogP contribution in [0.3, 0.4) is 0 Å². The van der Waals surface area contributed by atoms with E-state index in [0.29, 0.717) is 16.9 Å². The van der Waals surface area contributed by atoms with E-state index in [1.165, 1.54) is 35.3 Å². The molecule has 4 aromatic rings. The molecule has 1 saturated heterocycles.